The monoisotopic (exact) mass is 660 g/mol. The number of carboxylic acid groups (broad SMARTS) is 1. The van der Waals surface area contributed by atoms with Gasteiger partial charge in [-0.1, -0.05) is 32.9 Å². The van der Waals surface area contributed by atoms with Gasteiger partial charge in [0.05, 0.1) is 36.9 Å². The van der Waals surface area contributed by atoms with Crippen LogP contribution in [0.5, 0.6) is 0 Å². The fourth-order valence-corrected chi connectivity index (χ4v) is 6.48. The van der Waals surface area contributed by atoms with E-state index in [2.05, 4.69) is 5.10 Å². The van der Waals surface area contributed by atoms with Crippen LogP contribution < -0.4 is 0 Å². The molecule has 5 atom stereocenters. The Labute approximate surface area is 270 Å². The van der Waals surface area contributed by atoms with E-state index in [4.69, 9.17) is 9.72 Å². The lowest BCUT2D eigenvalue weighted by Crippen LogP contribution is -2.56. The second-order valence-corrected chi connectivity index (χ2v) is 13.5. The summed E-state index contributed by atoms with van der Waals surface area (Å²) < 4.78 is 66.3. The highest BCUT2D eigenvalue weighted by Gasteiger charge is 2.45. The Balaban J connectivity index is 1.66. The van der Waals surface area contributed by atoms with E-state index in [-0.39, 0.29) is 68.7 Å². The van der Waals surface area contributed by atoms with Crippen molar-refractivity contribution in [2.24, 2.45) is 11.3 Å². The molecule has 2 aliphatic rings. The molecular weight excluding hydrogens is 620 g/mol. The molecule has 2 fully saturated rings. The van der Waals surface area contributed by atoms with Crippen LogP contribution in [0.3, 0.4) is 0 Å². The van der Waals surface area contributed by atoms with Gasteiger partial charge >= 0.3 is 12.1 Å². The summed E-state index contributed by atoms with van der Waals surface area (Å²) in [6.07, 6.45) is -3.35. The number of rotatable bonds is 7. The number of carbonyl (C=O) groups is 2. The number of carbonyl (C=O) groups excluding carboxylic acids is 1. The minimum Gasteiger partial charge on any atom is -0.465 e. The van der Waals surface area contributed by atoms with Gasteiger partial charge in [-0.25, -0.2) is 36.8 Å². The van der Waals surface area contributed by atoms with E-state index in [0.29, 0.717) is 5.56 Å². The summed E-state index contributed by atoms with van der Waals surface area (Å²) in [6.45, 7) is 9.14. The molecule has 0 saturated carbocycles. The van der Waals surface area contributed by atoms with Gasteiger partial charge in [-0.05, 0) is 55.2 Å². The maximum atomic E-state index is 15.4. The molecule has 0 aliphatic carbocycles. The van der Waals surface area contributed by atoms with Gasteiger partial charge in [-0.2, -0.15) is 5.10 Å². The zero-order chi connectivity index (χ0) is 34.2. The molecule has 3 heterocycles. The number of hydrogen-bond donors (Lipinski definition) is 1. The van der Waals surface area contributed by atoms with Crippen LogP contribution in [0.4, 0.5) is 27.2 Å². The first-order chi connectivity index (χ1) is 22.1. The summed E-state index contributed by atoms with van der Waals surface area (Å²) in [5.41, 5.74) is -0.511. The fraction of sp³-hybridized carbons (Fsp3) is 0.515. The van der Waals surface area contributed by atoms with Crippen LogP contribution in [-0.4, -0.2) is 97.8 Å². The number of halogens is 4. The zero-order valence-corrected chi connectivity index (χ0v) is 27.0. The van der Waals surface area contributed by atoms with Crippen molar-refractivity contribution in [3.63, 3.8) is 0 Å². The number of likely N-dealkylation sites (tertiary alicyclic amines) is 1. The summed E-state index contributed by atoms with van der Waals surface area (Å²) in [4.78, 5) is 35.1. The quantitative estimate of drug-likeness (QED) is 0.313. The Hall–Kier alpha value is -4.20. The Morgan fingerprint density at radius 1 is 1.00 bits per heavy atom. The average Bonchev–Trinajstić information content (AvgIpc) is 3.55. The van der Waals surface area contributed by atoms with Crippen LogP contribution >= 0.6 is 0 Å². The fourth-order valence-electron chi connectivity index (χ4n) is 6.48. The standard InChI is InChI=1S/C33H40F4N6O4/c1-19-13-40(14-20(2)47-19)31(44)42(17-22-16-41(32(45)46)18-27(22)37)28(33(3,4)5)30-38-29(25-12-24(35)9-10-26(25)36)39-43(30)15-21-7-6-8-23(34)11-21/h6-12,19-20,22,27-28H,13-18H2,1-5H3,(H,45,46)/t19-,20+,22?,27?,28-/m0/s1. The molecule has 2 unspecified atom stereocenters. The van der Waals surface area contributed by atoms with Crippen molar-refractivity contribution in [3.05, 3.63) is 71.3 Å². The first kappa shape index (κ1) is 34.1. The second-order valence-electron chi connectivity index (χ2n) is 13.5. The maximum Gasteiger partial charge on any atom is 0.407 e. The highest BCUT2D eigenvalue weighted by atomic mass is 19.1. The van der Waals surface area contributed by atoms with Crippen molar-refractivity contribution in [2.45, 2.75) is 65.6 Å². The molecule has 10 nitrogen and oxygen atoms in total. The van der Waals surface area contributed by atoms with Crippen molar-refractivity contribution in [3.8, 4) is 11.4 Å². The first-order valence-electron chi connectivity index (χ1n) is 15.6. The van der Waals surface area contributed by atoms with E-state index in [1.165, 1.54) is 27.8 Å². The van der Waals surface area contributed by atoms with Crippen LogP contribution in [0.2, 0.25) is 0 Å². The maximum absolute atomic E-state index is 15.4. The molecule has 5 rings (SSSR count). The average molecular weight is 661 g/mol. The third-order valence-corrected chi connectivity index (χ3v) is 8.47. The third-order valence-electron chi connectivity index (χ3n) is 8.47. The molecular formula is C33H40F4N6O4. The molecule has 0 radical (unpaired) electrons. The normalized spacial score (nSPS) is 22.4. The van der Waals surface area contributed by atoms with Crippen LogP contribution in [0.25, 0.3) is 11.4 Å². The Kier molecular flexibility index (Phi) is 9.81. The summed E-state index contributed by atoms with van der Waals surface area (Å²) in [6, 6.07) is 7.35. The predicted molar refractivity (Wildman–Crippen MR) is 165 cm³/mol. The van der Waals surface area contributed by atoms with E-state index in [1.807, 2.05) is 34.6 Å². The van der Waals surface area contributed by atoms with Gasteiger partial charge in [0, 0.05) is 32.1 Å². The van der Waals surface area contributed by atoms with Gasteiger partial charge in [-0.3, -0.25) is 0 Å². The van der Waals surface area contributed by atoms with Crippen molar-refractivity contribution >= 4 is 12.1 Å². The molecule has 47 heavy (non-hydrogen) atoms. The van der Waals surface area contributed by atoms with Gasteiger partial charge < -0.3 is 24.5 Å². The van der Waals surface area contributed by atoms with E-state index in [0.717, 1.165) is 23.1 Å². The lowest BCUT2D eigenvalue weighted by Gasteiger charge is -2.45. The molecule has 1 N–H and O–H groups in total. The summed E-state index contributed by atoms with van der Waals surface area (Å²) in [5, 5.41) is 14.1. The third kappa shape index (κ3) is 7.69. The Bertz CT molecular complexity index is 1600. The number of alkyl halides is 1. The van der Waals surface area contributed by atoms with Crippen LogP contribution in [0.1, 0.15) is 52.0 Å². The lowest BCUT2D eigenvalue weighted by atomic mass is 9.84. The zero-order valence-electron chi connectivity index (χ0n) is 27.0. The van der Waals surface area contributed by atoms with Crippen LogP contribution in [0.15, 0.2) is 42.5 Å². The lowest BCUT2D eigenvalue weighted by molar-refractivity contribution is -0.0621. The second kappa shape index (κ2) is 13.5. The smallest absolute Gasteiger partial charge is 0.407 e. The topological polar surface area (TPSA) is 104 Å². The van der Waals surface area contributed by atoms with Gasteiger partial charge in [0.25, 0.3) is 0 Å². The van der Waals surface area contributed by atoms with Crippen molar-refractivity contribution in [1.29, 1.82) is 0 Å². The molecule has 2 aromatic carbocycles. The molecule has 0 spiro atoms. The predicted octanol–water partition coefficient (Wildman–Crippen LogP) is 5.98. The van der Waals surface area contributed by atoms with Gasteiger partial charge in [0.2, 0.25) is 0 Å². The number of amides is 3. The SMILES string of the molecule is C[C@@H]1CN(C(=O)N(CC2CN(C(=O)O)CC2F)[C@@H](c2nc(-c3cc(F)ccc3F)nn2Cc2cccc(F)c2)C(C)(C)C)C[C@H](C)O1. The van der Waals surface area contributed by atoms with E-state index < -0.39 is 53.1 Å². The highest BCUT2D eigenvalue weighted by Crippen LogP contribution is 2.41. The van der Waals surface area contributed by atoms with Gasteiger partial charge in [0.1, 0.15) is 23.6 Å². The number of hydrogen-bond acceptors (Lipinski definition) is 5. The summed E-state index contributed by atoms with van der Waals surface area (Å²) in [7, 11) is 0. The van der Waals surface area contributed by atoms with Crippen molar-refractivity contribution in [2.75, 3.05) is 32.7 Å². The summed E-state index contributed by atoms with van der Waals surface area (Å²) >= 11 is 0. The Morgan fingerprint density at radius 2 is 1.68 bits per heavy atom. The molecule has 3 amide bonds. The molecule has 2 aliphatic heterocycles. The van der Waals surface area contributed by atoms with Gasteiger partial charge in [-0.15, -0.1) is 0 Å². The number of nitrogens with zero attached hydrogens (tertiary/aromatic N) is 6. The highest BCUT2D eigenvalue weighted by molar-refractivity contribution is 5.75. The molecule has 1 aromatic heterocycles. The van der Waals surface area contributed by atoms with Gasteiger partial charge in [0.15, 0.2) is 11.6 Å². The number of benzene rings is 2. The van der Waals surface area contributed by atoms with E-state index >= 15 is 8.78 Å². The number of morpholine rings is 1. The van der Waals surface area contributed by atoms with E-state index in [1.54, 1.807) is 11.0 Å². The van der Waals surface area contributed by atoms with Crippen LogP contribution in [-0.2, 0) is 11.3 Å². The first-order valence-corrected chi connectivity index (χ1v) is 15.6. The Morgan fingerprint density at radius 3 is 2.30 bits per heavy atom. The molecule has 0 bridgehead atoms. The van der Waals surface area contributed by atoms with Crippen molar-refractivity contribution in [1.82, 2.24) is 29.5 Å². The minimum atomic E-state index is -1.54. The minimum absolute atomic E-state index is 0.0286. The molecule has 254 valence electrons. The molecule has 3 aromatic rings. The molecule has 2 saturated heterocycles. The van der Waals surface area contributed by atoms with Crippen molar-refractivity contribution < 1.29 is 37.0 Å². The largest absolute Gasteiger partial charge is 0.465 e. The van der Waals surface area contributed by atoms with Crippen LogP contribution in [0, 0.1) is 28.8 Å². The summed E-state index contributed by atoms with van der Waals surface area (Å²) in [5.74, 6) is -2.77. The van der Waals surface area contributed by atoms with E-state index in [9.17, 15) is 23.5 Å². The number of urea groups is 1. The number of ether oxygens (including phenoxy) is 1. The number of aromatic nitrogens is 3. The molecule has 14 heteroatoms.